The van der Waals surface area contributed by atoms with Crippen molar-refractivity contribution in [2.45, 2.75) is 31.3 Å². The molecule has 2 heterocycles. The molecule has 0 spiro atoms. The Bertz CT molecular complexity index is 661. The Kier molecular flexibility index (Phi) is 6.67. The summed E-state index contributed by atoms with van der Waals surface area (Å²) in [6.45, 7) is -0.297. The molecular weight excluding hydrogens is 344 g/mol. The van der Waals surface area contributed by atoms with Gasteiger partial charge >= 0.3 is 5.97 Å². The number of aliphatic carboxylic acids is 1. The molecule has 1 aliphatic heterocycles. The SMILES string of the molecule is NC(Cc1cnc[nH]1)C(=O)NCC(=O)NCC(=O)N1CCCC1C(=O)O. The minimum atomic E-state index is -1.05. The predicted molar refractivity (Wildman–Crippen MR) is 88.7 cm³/mol. The molecule has 2 unspecified atom stereocenters. The van der Waals surface area contributed by atoms with Crippen LogP contribution in [-0.4, -0.2) is 75.4 Å². The third-order valence-electron chi connectivity index (χ3n) is 4.05. The Labute approximate surface area is 149 Å². The number of likely N-dealkylation sites (tertiary alicyclic amines) is 1. The van der Waals surface area contributed by atoms with Crippen LogP contribution >= 0.6 is 0 Å². The van der Waals surface area contributed by atoms with Gasteiger partial charge in [0, 0.05) is 24.9 Å². The molecule has 1 aliphatic rings. The number of aromatic nitrogens is 2. The standard InChI is InChI=1S/C15H22N6O5/c16-10(4-9-5-17-8-20-9)14(24)19-6-12(22)18-7-13(23)21-3-1-2-11(21)15(25)26/h5,8,10-11H,1-4,6-7,16H2,(H,17,20)(H,18,22)(H,19,24)(H,25,26). The summed E-state index contributed by atoms with van der Waals surface area (Å²) in [5.41, 5.74) is 6.43. The van der Waals surface area contributed by atoms with E-state index in [-0.39, 0.29) is 19.5 Å². The quantitative estimate of drug-likeness (QED) is 0.341. The predicted octanol–water partition coefficient (Wildman–Crippen LogP) is -2.41. The number of aromatic amines is 1. The second-order valence-electron chi connectivity index (χ2n) is 5.97. The highest BCUT2D eigenvalue weighted by atomic mass is 16.4. The molecule has 0 aliphatic carbocycles. The first-order valence-electron chi connectivity index (χ1n) is 8.18. The number of H-pyrrole nitrogens is 1. The summed E-state index contributed by atoms with van der Waals surface area (Å²) in [6, 6.07) is -1.69. The van der Waals surface area contributed by atoms with E-state index in [1.807, 2.05) is 0 Å². The molecule has 11 heteroatoms. The van der Waals surface area contributed by atoms with Crippen molar-refractivity contribution in [3.63, 3.8) is 0 Å². The van der Waals surface area contributed by atoms with Gasteiger partial charge in [-0.3, -0.25) is 14.4 Å². The van der Waals surface area contributed by atoms with E-state index in [4.69, 9.17) is 10.8 Å². The van der Waals surface area contributed by atoms with E-state index in [0.29, 0.717) is 25.1 Å². The monoisotopic (exact) mass is 366 g/mol. The zero-order valence-corrected chi connectivity index (χ0v) is 14.1. The summed E-state index contributed by atoms with van der Waals surface area (Å²) in [4.78, 5) is 54.6. The fourth-order valence-electron chi connectivity index (χ4n) is 2.68. The lowest BCUT2D eigenvalue weighted by Crippen LogP contribution is -2.48. The third-order valence-corrected chi connectivity index (χ3v) is 4.05. The van der Waals surface area contributed by atoms with Gasteiger partial charge in [0.2, 0.25) is 17.7 Å². The highest BCUT2D eigenvalue weighted by Crippen LogP contribution is 2.17. The number of nitrogens with two attached hydrogens (primary N) is 1. The number of carboxylic acid groups (broad SMARTS) is 1. The number of rotatable bonds is 8. The van der Waals surface area contributed by atoms with Crippen molar-refractivity contribution in [3.8, 4) is 0 Å². The molecule has 2 atom stereocenters. The molecule has 1 saturated heterocycles. The van der Waals surface area contributed by atoms with E-state index in [1.165, 1.54) is 11.2 Å². The minimum Gasteiger partial charge on any atom is -0.480 e. The van der Waals surface area contributed by atoms with Gasteiger partial charge in [0.1, 0.15) is 6.04 Å². The third kappa shape index (κ3) is 5.28. The maximum absolute atomic E-state index is 12.0. The van der Waals surface area contributed by atoms with Gasteiger partial charge in [-0.15, -0.1) is 0 Å². The fourth-order valence-corrected chi connectivity index (χ4v) is 2.68. The van der Waals surface area contributed by atoms with Crippen molar-refractivity contribution < 1.29 is 24.3 Å². The lowest BCUT2D eigenvalue weighted by Gasteiger charge is -2.21. The fraction of sp³-hybridized carbons (Fsp3) is 0.533. The molecule has 6 N–H and O–H groups in total. The van der Waals surface area contributed by atoms with Crippen LogP contribution in [0.25, 0.3) is 0 Å². The number of nitrogens with one attached hydrogen (secondary N) is 3. The number of hydrogen-bond acceptors (Lipinski definition) is 6. The van der Waals surface area contributed by atoms with Crippen LogP contribution in [0.5, 0.6) is 0 Å². The van der Waals surface area contributed by atoms with Crippen molar-refractivity contribution in [3.05, 3.63) is 18.2 Å². The van der Waals surface area contributed by atoms with Crippen LogP contribution < -0.4 is 16.4 Å². The Balaban J connectivity index is 1.69. The van der Waals surface area contributed by atoms with Crippen LogP contribution in [0.4, 0.5) is 0 Å². The maximum Gasteiger partial charge on any atom is 0.326 e. The smallest absolute Gasteiger partial charge is 0.326 e. The Morgan fingerprint density at radius 3 is 2.77 bits per heavy atom. The molecule has 11 nitrogen and oxygen atoms in total. The zero-order valence-electron chi connectivity index (χ0n) is 14.1. The topological polar surface area (TPSA) is 171 Å². The van der Waals surface area contributed by atoms with E-state index >= 15 is 0 Å². The van der Waals surface area contributed by atoms with Gasteiger partial charge in [-0.25, -0.2) is 9.78 Å². The van der Waals surface area contributed by atoms with Crippen LogP contribution in [-0.2, 0) is 25.6 Å². The lowest BCUT2D eigenvalue weighted by atomic mass is 10.1. The van der Waals surface area contributed by atoms with E-state index in [9.17, 15) is 19.2 Å². The first-order valence-corrected chi connectivity index (χ1v) is 8.18. The van der Waals surface area contributed by atoms with E-state index in [1.54, 1.807) is 6.20 Å². The first kappa shape index (κ1) is 19.4. The molecule has 1 aromatic heterocycles. The van der Waals surface area contributed by atoms with E-state index in [0.717, 1.165) is 0 Å². The van der Waals surface area contributed by atoms with Crippen molar-refractivity contribution in [1.82, 2.24) is 25.5 Å². The molecule has 142 valence electrons. The van der Waals surface area contributed by atoms with Crippen LogP contribution in [0.15, 0.2) is 12.5 Å². The van der Waals surface area contributed by atoms with Crippen molar-refractivity contribution in [1.29, 1.82) is 0 Å². The first-order chi connectivity index (χ1) is 12.4. The van der Waals surface area contributed by atoms with Gasteiger partial charge in [0.05, 0.1) is 25.5 Å². The van der Waals surface area contributed by atoms with Crippen LogP contribution in [0.3, 0.4) is 0 Å². The highest BCUT2D eigenvalue weighted by molar-refractivity contribution is 5.91. The molecule has 0 bridgehead atoms. The number of carbonyl (C=O) groups is 4. The van der Waals surface area contributed by atoms with Crippen LogP contribution in [0, 0.1) is 0 Å². The van der Waals surface area contributed by atoms with Crippen molar-refractivity contribution in [2.24, 2.45) is 5.73 Å². The van der Waals surface area contributed by atoms with E-state index in [2.05, 4.69) is 20.6 Å². The number of hydrogen-bond donors (Lipinski definition) is 5. The summed E-state index contributed by atoms with van der Waals surface area (Å²) < 4.78 is 0. The molecule has 0 radical (unpaired) electrons. The van der Waals surface area contributed by atoms with Gasteiger partial charge in [-0.05, 0) is 12.8 Å². The lowest BCUT2D eigenvalue weighted by molar-refractivity contribution is -0.148. The van der Waals surface area contributed by atoms with Gasteiger partial charge in [0.15, 0.2) is 0 Å². The summed E-state index contributed by atoms with van der Waals surface area (Å²) in [5, 5.41) is 13.8. The van der Waals surface area contributed by atoms with E-state index < -0.39 is 35.8 Å². The number of nitrogens with zero attached hydrogens (tertiary/aromatic N) is 2. The minimum absolute atomic E-state index is 0.247. The molecule has 2 rings (SSSR count). The maximum atomic E-state index is 12.0. The second-order valence-corrected chi connectivity index (χ2v) is 5.97. The number of amides is 3. The van der Waals surface area contributed by atoms with Gasteiger partial charge < -0.3 is 31.4 Å². The molecule has 0 saturated carbocycles. The summed E-state index contributed by atoms with van der Waals surface area (Å²) in [5.74, 6) is -2.59. The molecular formula is C15H22N6O5. The summed E-state index contributed by atoms with van der Waals surface area (Å²) in [6.07, 6.45) is 4.28. The molecule has 0 aromatic carbocycles. The molecule has 1 fully saturated rings. The Hall–Kier alpha value is -2.95. The van der Waals surface area contributed by atoms with Crippen molar-refractivity contribution in [2.75, 3.05) is 19.6 Å². The molecule has 26 heavy (non-hydrogen) atoms. The summed E-state index contributed by atoms with van der Waals surface area (Å²) >= 11 is 0. The molecule has 3 amide bonds. The van der Waals surface area contributed by atoms with Crippen LogP contribution in [0.1, 0.15) is 18.5 Å². The van der Waals surface area contributed by atoms with Gasteiger partial charge in [0.25, 0.3) is 0 Å². The Morgan fingerprint density at radius 2 is 2.12 bits per heavy atom. The van der Waals surface area contributed by atoms with Gasteiger partial charge in [-0.2, -0.15) is 0 Å². The zero-order chi connectivity index (χ0) is 19.1. The highest BCUT2D eigenvalue weighted by Gasteiger charge is 2.33. The normalized spacial score (nSPS) is 17.6. The average Bonchev–Trinajstić information content (AvgIpc) is 3.28. The number of carbonyl (C=O) groups excluding carboxylic acids is 3. The van der Waals surface area contributed by atoms with Gasteiger partial charge in [-0.1, -0.05) is 0 Å². The number of carboxylic acids is 1. The molecule has 1 aromatic rings. The largest absolute Gasteiger partial charge is 0.480 e. The van der Waals surface area contributed by atoms with Crippen molar-refractivity contribution >= 4 is 23.7 Å². The number of imidazole rings is 1. The van der Waals surface area contributed by atoms with Crippen LogP contribution in [0.2, 0.25) is 0 Å². The summed E-state index contributed by atoms with van der Waals surface area (Å²) in [7, 11) is 0. The Morgan fingerprint density at radius 1 is 1.35 bits per heavy atom. The average molecular weight is 366 g/mol. The second kappa shape index (κ2) is 8.94.